The Morgan fingerprint density at radius 2 is 1.81 bits per heavy atom. The Morgan fingerprint density at radius 3 is 2.29 bits per heavy atom. The van der Waals surface area contributed by atoms with E-state index in [9.17, 15) is 19.7 Å². The van der Waals surface area contributed by atoms with Crippen LogP contribution in [-0.2, 0) is 14.3 Å². The molecule has 0 radical (unpaired) electrons. The van der Waals surface area contributed by atoms with Crippen molar-refractivity contribution in [3.63, 3.8) is 0 Å². The van der Waals surface area contributed by atoms with Crippen molar-refractivity contribution in [3.05, 3.63) is 34.4 Å². The molecule has 21 heavy (non-hydrogen) atoms. The summed E-state index contributed by atoms with van der Waals surface area (Å²) in [5.74, 6) is -0.385. The minimum Gasteiger partial charge on any atom is -0.462 e. The van der Waals surface area contributed by atoms with Gasteiger partial charge in [-0.3, -0.25) is 14.9 Å². The molecule has 0 saturated heterocycles. The molecule has 1 rings (SSSR count). The van der Waals surface area contributed by atoms with Gasteiger partial charge in [-0.15, -0.1) is 0 Å². The Kier molecular flexibility index (Phi) is 5.23. The molecule has 0 unspecified atom stereocenters. The van der Waals surface area contributed by atoms with Crippen LogP contribution >= 0.6 is 0 Å². The quantitative estimate of drug-likeness (QED) is 0.355. The highest BCUT2D eigenvalue weighted by Gasteiger charge is 2.26. The molecular weight excluding hydrogens is 282 g/mol. The van der Waals surface area contributed by atoms with Gasteiger partial charge >= 0.3 is 12.1 Å². The molecule has 8 heteroatoms. The van der Waals surface area contributed by atoms with Crippen molar-refractivity contribution in [3.8, 4) is 5.75 Å². The first-order valence-corrected chi connectivity index (χ1v) is 5.98. The highest BCUT2D eigenvalue weighted by Crippen LogP contribution is 2.19. The highest BCUT2D eigenvalue weighted by molar-refractivity contribution is 5.66. The molecule has 0 amide bonds. The predicted octanol–water partition coefficient (Wildman–Crippen LogP) is 2.45. The number of carbonyl (C=O) groups excluding carboxylic acids is 2. The number of nitro benzene ring substituents is 1. The maximum Gasteiger partial charge on any atom is 0.514 e. The molecule has 0 fully saturated rings. The lowest BCUT2D eigenvalue weighted by molar-refractivity contribution is -0.384. The van der Waals surface area contributed by atoms with Gasteiger partial charge in [0.2, 0.25) is 0 Å². The molecule has 0 saturated carbocycles. The minimum atomic E-state index is -1.05. The minimum absolute atomic E-state index is 0.105. The lowest BCUT2D eigenvalue weighted by atomic mass is 10.1. The van der Waals surface area contributed by atoms with E-state index in [1.54, 1.807) is 13.8 Å². The van der Waals surface area contributed by atoms with Crippen LogP contribution < -0.4 is 4.74 Å². The summed E-state index contributed by atoms with van der Waals surface area (Å²) in [5.41, 5.74) is -1.17. The molecule has 8 nitrogen and oxygen atoms in total. The van der Waals surface area contributed by atoms with Crippen molar-refractivity contribution in [1.82, 2.24) is 0 Å². The van der Waals surface area contributed by atoms with Crippen LogP contribution in [0.25, 0.3) is 0 Å². The van der Waals surface area contributed by atoms with Crippen LogP contribution in [0.15, 0.2) is 24.3 Å². The molecular formula is C13H15NO7. The average Bonchev–Trinajstić information content (AvgIpc) is 2.36. The number of nitrogens with zero attached hydrogens (tertiary/aromatic N) is 1. The van der Waals surface area contributed by atoms with E-state index < -0.39 is 22.6 Å². The van der Waals surface area contributed by atoms with Gasteiger partial charge in [0.15, 0.2) is 0 Å². The van der Waals surface area contributed by atoms with E-state index in [1.807, 2.05) is 0 Å². The highest BCUT2D eigenvalue weighted by atomic mass is 16.7. The maximum atomic E-state index is 11.6. The van der Waals surface area contributed by atoms with Crippen LogP contribution in [0.2, 0.25) is 0 Å². The van der Waals surface area contributed by atoms with E-state index in [1.165, 1.54) is 31.2 Å². The molecule has 0 aromatic heterocycles. The lowest BCUT2D eigenvalue weighted by Gasteiger charge is -2.23. The van der Waals surface area contributed by atoms with E-state index >= 15 is 0 Å². The molecule has 0 bridgehead atoms. The zero-order chi connectivity index (χ0) is 16.0. The number of hydrogen-bond donors (Lipinski definition) is 0. The zero-order valence-electron chi connectivity index (χ0n) is 11.8. The molecule has 0 N–H and O–H groups in total. The van der Waals surface area contributed by atoms with Crippen molar-refractivity contribution in [1.29, 1.82) is 0 Å². The molecule has 0 heterocycles. The van der Waals surface area contributed by atoms with Gasteiger partial charge in [0.05, 0.1) is 4.92 Å². The summed E-state index contributed by atoms with van der Waals surface area (Å²) >= 11 is 0. The normalized spacial score (nSPS) is 10.6. The number of nitro groups is 1. The summed E-state index contributed by atoms with van der Waals surface area (Å²) < 4.78 is 14.6. The first-order chi connectivity index (χ1) is 9.69. The van der Waals surface area contributed by atoms with E-state index in [-0.39, 0.29) is 18.0 Å². The summed E-state index contributed by atoms with van der Waals surface area (Å²) in [4.78, 5) is 32.2. The molecule has 1 aromatic carbocycles. The summed E-state index contributed by atoms with van der Waals surface area (Å²) in [6.07, 6.45) is -0.999. The fourth-order valence-corrected chi connectivity index (χ4v) is 1.28. The summed E-state index contributed by atoms with van der Waals surface area (Å²) in [7, 11) is 0. The van der Waals surface area contributed by atoms with Gasteiger partial charge in [0, 0.05) is 19.1 Å². The monoisotopic (exact) mass is 297 g/mol. The largest absolute Gasteiger partial charge is 0.514 e. The fraction of sp³-hybridized carbons (Fsp3) is 0.385. The van der Waals surface area contributed by atoms with Gasteiger partial charge in [-0.2, -0.15) is 0 Å². The Hall–Kier alpha value is -2.64. The van der Waals surface area contributed by atoms with Crippen molar-refractivity contribution in [2.45, 2.75) is 26.4 Å². The second kappa shape index (κ2) is 6.69. The molecule has 0 aliphatic heterocycles. The predicted molar refractivity (Wildman–Crippen MR) is 70.9 cm³/mol. The standard InChI is InChI=1S/C13H15NO7/c1-9(15)19-8-13(2,3)21-12(16)20-11-6-4-10(5-7-11)14(17)18/h4-7H,8H2,1-3H3. The Bertz CT molecular complexity index is 536. The second-order valence-corrected chi connectivity index (χ2v) is 4.75. The van der Waals surface area contributed by atoms with E-state index in [4.69, 9.17) is 14.2 Å². The third kappa shape index (κ3) is 5.89. The lowest BCUT2D eigenvalue weighted by Crippen LogP contribution is -2.35. The first kappa shape index (κ1) is 16.4. The van der Waals surface area contributed by atoms with Gasteiger partial charge in [0.1, 0.15) is 18.0 Å². The van der Waals surface area contributed by atoms with Crippen LogP contribution in [-0.4, -0.2) is 29.3 Å². The van der Waals surface area contributed by atoms with Crippen LogP contribution in [0, 0.1) is 10.1 Å². The topological polar surface area (TPSA) is 105 Å². The number of esters is 1. The molecule has 0 spiro atoms. The first-order valence-electron chi connectivity index (χ1n) is 5.98. The van der Waals surface area contributed by atoms with E-state index in [0.717, 1.165) is 0 Å². The van der Waals surface area contributed by atoms with Crippen molar-refractivity contribution in [2.24, 2.45) is 0 Å². The third-order valence-electron chi connectivity index (χ3n) is 2.23. The number of rotatable bonds is 5. The Balaban J connectivity index is 2.56. The smallest absolute Gasteiger partial charge is 0.462 e. The molecule has 0 aliphatic rings. The van der Waals surface area contributed by atoms with Gasteiger partial charge in [-0.25, -0.2) is 4.79 Å². The van der Waals surface area contributed by atoms with Crippen molar-refractivity contribution >= 4 is 17.8 Å². The van der Waals surface area contributed by atoms with Crippen LogP contribution in [0.4, 0.5) is 10.5 Å². The Morgan fingerprint density at radius 1 is 1.24 bits per heavy atom. The van der Waals surface area contributed by atoms with Gasteiger partial charge < -0.3 is 14.2 Å². The molecule has 0 aliphatic carbocycles. The zero-order valence-corrected chi connectivity index (χ0v) is 11.8. The summed E-state index contributed by atoms with van der Waals surface area (Å²) in [5, 5.41) is 10.5. The maximum absolute atomic E-state index is 11.6. The number of carbonyl (C=O) groups is 2. The van der Waals surface area contributed by atoms with Crippen LogP contribution in [0.3, 0.4) is 0 Å². The van der Waals surface area contributed by atoms with Crippen molar-refractivity contribution < 1.29 is 28.7 Å². The fourth-order valence-electron chi connectivity index (χ4n) is 1.28. The number of non-ortho nitro benzene ring substituents is 1. The summed E-state index contributed by atoms with van der Waals surface area (Å²) in [6, 6.07) is 4.95. The second-order valence-electron chi connectivity index (χ2n) is 4.75. The molecule has 1 aromatic rings. The van der Waals surface area contributed by atoms with Crippen LogP contribution in [0.1, 0.15) is 20.8 Å². The van der Waals surface area contributed by atoms with E-state index in [0.29, 0.717) is 0 Å². The van der Waals surface area contributed by atoms with E-state index in [2.05, 4.69) is 0 Å². The van der Waals surface area contributed by atoms with Gasteiger partial charge in [0.25, 0.3) is 5.69 Å². The van der Waals surface area contributed by atoms with Crippen molar-refractivity contribution in [2.75, 3.05) is 6.61 Å². The number of ether oxygens (including phenoxy) is 3. The summed E-state index contributed by atoms with van der Waals surface area (Å²) in [6.45, 7) is 4.23. The van der Waals surface area contributed by atoms with Gasteiger partial charge in [-0.1, -0.05) is 0 Å². The van der Waals surface area contributed by atoms with Gasteiger partial charge in [-0.05, 0) is 26.0 Å². The van der Waals surface area contributed by atoms with Crippen LogP contribution in [0.5, 0.6) is 5.75 Å². The SMILES string of the molecule is CC(=O)OCC(C)(C)OC(=O)Oc1ccc([N+](=O)[O-])cc1. The average molecular weight is 297 g/mol. The molecule has 114 valence electrons. The molecule has 0 atom stereocenters. The number of benzene rings is 1. The number of hydrogen-bond acceptors (Lipinski definition) is 7. The third-order valence-corrected chi connectivity index (χ3v) is 2.23. The Labute approximate surface area is 120 Å².